The van der Waals surface area contributed by atoms with Crippen LogP contribution in [0.2, 0.25) is 0 Å². The van der Waals surface area contributed by atoms with Crippen LogP contribution in [0.25, 0.3) is 11.5 Å². The molecule has 1 saturated heterocycles. The molecule has 2 aromatic heterocycles. The van der Waals surface area contributed by atoms with E-state index in [1.54, 1.807) is 6.20 Å². The van der Waals surface area contributed by atoms with Gasteiger partial charge in [0.25, 0.3) is 0 Å². The summed E-state index contributed by atoms with van der Waals surface area (Å²) >= 11 is 0. The number of imidazole rings is 1. The largest absolute Gasteiger partial charge is 0.379 e. The van der Waals surface area contributed by atoms with Gasteiger partial charge in [0.1, 0.15) is 5.69 Å². The molecule has 1 fully saturated rings. The zero-order chi connectivity index (χ0) is 13.1. The molecular formula is C12H18N6O. The maximum absolute atomic E-state index is 5.33. The van der Waals surface area contributed by atoms with E-state index in [1.807, 2.05) is 28.7 Å². The molecule has 19 heavy (non-hydrogen) atoms. The lowest BCUT2D eigenvalue weighted by atomic mass is 10.4. The van der Waals surface area contributed by atoms with Gasteiger partial charge in [0, 0.05) is 39.1 Å². The molecular weight excluding hydrogens is 244 g/mol. The average molecular weight is 262 g/mol. The molecule has 0 aliphatic carbocycles. The molecule has 7 nitrogen and oxygen atoms in total. The highest BCUT2D eigenvalue weighted by atomic mass is 16.5. The van der Waals surface area contributed by atoms with Crippen molar-refractivity contribution in [2.24, 2.45) is 7.05 Å². The quantitative estimate of drug-likeness (QED) is 0.777. The van der Waals surface area contributed by atoms with Crippen molar-refractivity contribution >= 4 is 0 Å². The van der Waals surface area contributed by atoms with Crippen molar-refractivity contribution in [3.05, 3.63) is 18.6 Å². The van der Waals surface area contributed by atoms with E-state index in [0.29, 0.717) is 0 Å². The highest BCUT2D eigenvalue weighted by Crippen LogP contribution is 2.12. The summed E-state index contributed by atoms with van der Waals surface area (Å²) in [5.41, 5.74) is 0.814. The molecule has 102 valence electrons. The Kier molecular flexibility index (Phi) is 3.56. The molecule has 7 heteroatoms. The Hall–Kier alpha value is -1.73. The Morgan fingerprint density at radius 3 is 2.84 bits per heavy atom. The molecule has 3 rings (SSSR count). The predicted octanol–water partition coefficient (Wildman–Crippen LogP) is 0.0108. The molecule has 2 aromatic rings. The van der Waals surface area contributed by atoms with Gasteiger partial charge in [0.15, 0.2) is 5.82 Å². The zero-order valence-corrected chi connectivity index (χ0v) is 11.1. The van der Waals surface area contributed by atoms with Crippen LogP contribution in [-0.2, 0) is 18.3 Å². The molecule has 0 N–H and O–H groups in total. The lowest BCUT2D eigenvalue weighted by molar-refractivity contribution is 0.0359. The first-order valence-corrected chi connectivity index (χ1v) is 6.51. The van der Waals surface area contributed by atoms with Crippen LogP contribution in [0.5, 0.6) is 0 Å². The van der Waals surface area contributed by atoms with Crippen LogP contribution in [0, 0.1) is 0 Å². The summed E-state index contributed by atoms with van der Waals surface area (Å²) in [5, 5.41) is 8.32. The summed E-state index contributed by atoms with van der Waals surface area (Å²) in [6, 6.07) is 0. The molecule has 0 radical (unpaired) electrons. The fraction of sp³-hybridized carbons (Fsp3) is 0.583. The summed E-state index contributed by atoms with van der Waals surface area (Å²) in [6.45, 7) is 5.48. The smallest absolute Gasteiger partial charge is 0.161 e. The van der Waals surface area contributed by atoms with Crippen LogP contribution in [0.4, 0.5) is 0 Å². The van der Waals surface area contributed by atoms with Crippen molar-refractivity contribution < 1.29 is 4.74 Å². The minimum atomic E-state index is 0.814. The number of hydrogen-bond acceptors (Lipinski definition) is 5. The van der Waals surface area contributed by atoms with E-state index in [9.17, 15) is 0 Å². The molecule has 0 bridgehead atoms. The molecule has 1 aliphatic rings. The monoisotopic (exact) mass is 262 g/mol. The molecule has 1 aliphatic heterocycles. The fourth-order valence-corrected chi connectivity index (χ4v) is 2.19. The molecule has 0 aromatic carbocycles. The van der Waals surface area contributed by atoms with Gasteiger partial charge in [-0.25, -0.2) is 4.98 Å². The van der Waals surface area contributed by atoms with Crippen molar-refractivity contribution in [2.75, 3.05) is 32.8 Å². The second-order valence-corrected chi connectivity index (χ2v) is 4.68. The highest BCUT2D eigenvalue weighted by molar-refractivity contribution is 5.46. The van der Waals surface area contributed by atoms with Gasteiger partial charge in [-0.15, -0.1) is 5.10 Å². The van der Waals surface area contributed by atoms with Crippen LogP contribution < -0.4 is 0 Å². The molecule has 0 saturated carbocycles. The van der Waals surface area contributed by atoms with Crippen molar-refractivity contribution in [1.29, 1.82) is 0 Å². The number of aryl methyl sites for hydroxylation is 1. The van der Waals surface area contributed by atoms with E-state index in [1.165, 1.54) is 0 Å². The number of rotatable bonds is 4. The van der Waals surface area contributed by atoms with E-state index in [-0.39, 0.29) is 0 Å². The van der Waals surface area contributed by atoms with Gasteiger partial charge < -0.3 is 9.30 Å². The van der Waals surface area contributed by atoms with Gasteiger partial charge in [-0.05, 0) is 0 Å². The van der Waals surface area contributed by atoms with Gasteiger partial charge >= 0.3 is 0 Å². The lowest BCUT2D eigenvalue weighted by Crippen LogP contribution is -2.38. The van der Waals surface area contributed by atoms with E-state index < -0.39 is 0 Å². The molecule has 0 atom stereocenters. The Morgan fingerprint density at radius 1 is 1.26 bits per heavy atom. The van der Waals surface area contributed by atoms with Gasteiger partial charge in [-0.1, -0.05) is 5.21 Å². The van der Waals surface area contributed by atoms with Crippen molar-refractivity contribution in [3.63, 3.8) is 0 Å². The topological polar surface area (TPSA) is 61.0 Å². The first-order chi connectivity index (χ1) is 9.33. The third-order valence-electron chi connectivity index (χ3n) is 3.34. The molecule has 0 amide bonds. The molecule has 0 spiro atoms. The van der Waals surface area contributed by atoms with E-state index in [2.05, 4.69) is 20.2 Å². The maximum Gasteiger partial charge on any atom is 0.161 e. The first kappa shape index (κ1) is 12.3. The van der Waals surface area contributed by atoms with E-state index >= 15 is 0 Å². The van der Waals surface area contributed by atoms with Gasteiger partial charge in [0.2, 0.25) is 0 Å². The summed E-state index contributed by atoms with van der Waals surface area (Å²) in [5.74, 6) is 0.845. The van der Waals surface area contributed by atoms with Crippen LogP contribution >= 0.6 is 0 Å². The summed E-state index contributed by atoms with van der Waals surface area (Å²) < 4.78 is 9.15. The fourth-order valence-electron chi connectivity index (χ4n) is 2.19. The zero-order valence-electron chi connectivity index (χ0n) is 11.1. The highest BCUT2D eigenvalue weighted by Gasteiger charge is 2.12. The Balaban J connectivity index is 1.60. The number of ether oxygens (including phenoxy) is 1. The standard InChI is InChI=1S/C12H18N6O/c1-16-3-2-13-12(16)11-10-18(15-14-11)5-4-17-6-8-19-9-7-17/h2-3,10H,4-9H2,1H3. The first-order valence-electron chi connectivity index (χ1n) is 6.51. The minimum absolute atomic E-state index is 0.814. The molecule has 0 unspecified atom stereocenters. The number of morpholine rings is 1. The predicted molar refractivity (Wildman–Crippen MR) is 69.5 cm³/mol. The van der Waals surface area contributed by atoms with Crippen LogP contribution in [0.3, 0.4) is 0 Å². The second kappa shape index (κ2) is 5.50. The summed E-state index contributed by atoms with van der Waals surface area (Å²) in [6.07, 6.45) is 5.62. The normalized spacial score (nSPS) is 16.9. The second-order valence-electron chi connectivity index (χ2n) is 4.68. The van der Waals surface area contributed by atoms with Crippen LogP contribution in [-0.4, -0.2) is 62.3 Å². The summed E-state index contributed by atoms with van der Waals surface area (Å²) in [4.78, 5) is 6.65. The Labute approximate surface area is 111 Å². The minimum Gasteiger partial charge on any atom is -0.379 e. The van der Waals surface area contributed by atoms with E-state index in [4.69, 9.17) is 4.74 Å². The SMILES string of the molecule is Cn1ccnc1-c1cn(CCN2CCOCC2)nn1. The Bertz CT molecular complexity index is 528. The third-order valence-corrected chi connectivity index (χ3v) is 3.34. The van der Waals surface area contributed by atoms with Crippen molar-refractivity contribution in [1.82, 2.24) is 29.4 Å². The Morgan fingerprint density at radius 2 is 2.11 bits per heavy atom. The van der Waals surface area contributed by atoms with E-state index in [0.717, 1.165) is 50.9 Å². The van der Waals surface area contributed by atoms with Crippen molar-refractivity contribution in [3.8, 4) is 11.5 Å². The number of hydrogen-bond donors (Lipinski definition) is 0. The van der Waals surface area contributed by atoms with Gasteiger partial charge in [-0.3, -0.25) is 9.58 Å². The third kappa shape index (κ3) is 2.82. The number of nitrogens with zero attached hydrogens (tertiary/aromatic N) is 6. The van der Waals surface area contributed by atoms with Crippen LogP contribution in [0.1, 0.15) is 0 Å². The molecule has 3 heterocycles. The average Bonchev–Trinajstić information content (AvgIpc) is 3.06. The number of aromatic nitrogens is 5. The van der Waals surface area contributed by atoms with Crippen molar-refractivity contribution in [2.45, 2.75) is 6.54 Å². The van der Waals surface area contributed by atoms with Gasteiger partial charge in [-0.2, -0.15) is 0 Å². The summed E-state index contributed by atoms with van der Waals surface area (Å²) in [7, 11) is 1.95. The maximum atomic E-state index is 5.33. The van der Waals surface area contributed by atoms with Gasteiger partial charge in [0.05, 0.1) is 26.0 Å². The lowest BCUT2D eigenvalue weighted by Gasteiger charge is -2.26. The van der Waals surface area contributed by atoms with Crippen LogP contribution in [0.15, 0.2) is 18.6 Å².